The second kappa shape index (κ2) is 4.66. The Morgan fingerprint density at radius 3 is 2.89 bits per heavy atom. The van der Waals surface area contributed by atoms with Crippen LogP contribution in [-0.2, 0) is 9.59 Å². The molecule has 1 amide bonds. The minimum absolute atomic E-state index is 0.282. The van der Waals surface area contributed by atoms with E-state index in [0.29, 0.717) is 17.0 Å². The van der Waals surface area contributed by atoms with Gasteiger partial charge >= 0.3 is 5.97 Å². The zero-order valence-corrected chi connectivity index (χ0v) is 9.71. The van der Waals surface area contributed by atoms with Gasteiger partial charge < -0.3 is 20.3 Å². The molecule has 0 saturated heterocycles. The van der Waals surface area contributed by atoms with Gasteiger partial charge in [0, 0.05) is 0 Å². The molecule has 0 bridgehead atoms. The van der Waals surface area contributed by atoms with E-state index in [0.717, 1.165) is 0 Å². The van der Waals surface area contributed by atoms with Crippen LogP contribution < -0.4 is 10.1 Å². The highest BCUT2D eigenvalue weighted by Gasteiger charge is 2.26. The van der Waals surface area contributed by atoms with Crippen LogP contribution in [0.15, 0.2) is 18.2 Å². The van der Waals surface area contributed by atoms with Crippen molar-refractivity contribution in [2.75, 3.05) is 11.9 Å². The topological polar surface area (TPSA) is 95.9 Å². The number of hydrogen-bond donors (Lipinski definition) is 3. The summed E-state index contributed by atoms with van der Waals surface area (Å²) in [7, 11) is 0. The fourth-order valence-electron chi connectivity index (χ4n) is 1.77. The van der Waals surface area contributed by atoms with E-state index in [1.54, 1.807) is 19.1 Å². The van der Waals surface area contributed by atoms with Crippen molar-refractivity contribution in [2.45, 2.75) is 18.9 Å². The molecule has 0 saturated carbocycles. The molecule has 18 heavy (non-hydrogen) atoms. The van der Waals surface area contributed by atoms with Gasteiger partial charge in [-0.25, -0.2) is 0 Å². The minimum atomic E-state index is -1.12. The van der Waals surface area contributed by atoms with E-state index in [-0.39, 0.29) is 5.91 Å². The number of ether oxygens (including phenoxy) is 1. The van der Waals surface area contributed by atoms with Gasteiger partial charge in [-0.3, -0.25) is 9.59 Å². The third-order valence-electron chi connectivity index (χ3n) is 2.82. The van der Waals surface area contributed by atoms with Crippen molar-refractivity contribution in [1.82, 2.24) is 0 Å². The number of fused-ring (bicyclic) bond motifs is 1. The number of aliphatic hydroxyl groups is 1. The standard InChI is InChI=1S/C12H13NO5/c1-6-11(15)13-9-4-7(2-3-10(9)18-6)8(5-14)12(16)17/h2-4,6,8,14H,5H2,1H3,(H,13,15)(H,16,17). The van der Waals surface area contributed by atoms with Crippen LogP contribution in [0, 0.1) is 0 Å². The Bertz CT molecular complexity index is 499. The maximum absolute atomic E-state index is 11.4. The molecule has 1 aliphatic rings. The van der Waals surface area contributed by atoms with Crippen molar-refractivity contribution in [3.8, 4) is 5.75 Å². The van der Waals surface area contributed by atoms with Crippen LogP contribution in [0.5, 0.6) is 5.75 Å². The molecule has 2 atom stereocenters. The largest absolute Gasteiger partial charge is 0.481 e. The lowest BCUT2D eigenvalue weighted by molar-refractivity contribution is -0.139. The molecule has 2 rings (SSSR count). The van der Waals surface area contributed by atoms with Gasteiger partial charge in [0.05, 0.1) is 12.3 Å². The van der Waals surface area contributed by atoms with Gasteiger partial charge in [0.15, 0.2) is 6.10 Å². The fourth-order valence-corrected chi connectivity index (χ4v) is 1.77. The number of amides is 1. The maximum atomic E-state index is 11.4. The van der Waals surface area contributed by atoms with E-state index in [1.807, 2.05) is 0 Å². The smallest absolute Gasteiger partial charge is 0.313 e. The molecule has 2 unspecified atom stereocenters. The number of benzene rings is 1. The molecule has 3 N–H and O–H groups in total. The van der Waals surface area contributed by atoms with E-state index >= 15 is 0 Å². The van der Waals surface area contributed by atoms with Crippen molar-refractivity contribution in [3.05, 3.63) is 23.8 Å². The van der Waals surface area contributed by atoms with Gasteiger partial charge in [-0.1, -0.05) is 6.07 Å². The van der Waals surface area contributed by atoms with Crippen LogP contribution in [0.25, 0.3) is 0 Å². The molecular weight excluding hydrogens is 238 g/mol. The number of carboxylic acids is 1. The number of carboxylic acid groups (broad SMARTS) is 1. The molecule has 96 valence electrons. The summed E-state index contributed by atoms with van der Waals surface area (Å²) >= 11 is 0. The second-order valence-electron chi connectivity index (χ2n) is 4.08. The van der Waals surface area contributed by atoms with Gasteiger partial charge in [-0.2, -0.15) is 0 Å². The number of carbonyl (C=O) groups is 2. The molecule has 0 spiro atoms. The average molecular weight is 251 g/mol. The van der Waals surface area contributed by atoms with Crippen LogP contribution in [0.2, 0.25) is 0 Å². The summed E-state index contributed by atoms with van der Waals surface area (Å²) in [6, 6.07) is 4.67. The van der Waals surface area contributed by atoms with Crippen molar-refractivity contribution < 1.29 is 24.5 Å². The zero-order chi connectivity index (χ0) is 13.3. The van der Waals surface area contributed by atoms with E-state index in [1.165, 1.54) is 6.07 Å². The highest BCUT2D eigenvalue weighted by atomic mass is 16.5. The third kappa shape index (κ3) is 2.14. The Morgan fingerprint density at radius 2 is 2.28 bits per heavy atom. The van der Waals surface area contributed by atoms with Gasteiger partial charge in [0.25, 0.3) is 5.91 Å². The molecule has 1 aromatic carbocycles. The molecular formula is C12H13NO5. The predicted molar refractivity (Wildman–Crippen MR) is 62.6 cm³/mol. The summed E-state index contributed by atoms with van der Waals surface area (Å²) < 4.78 is 5.35. The van der Waals surface area contributed by atoms with Crippen LogP contribution in [-0.4, -0.2) is 34.8 Å². The Morgan fingerprint density at radius 1 is 1.56 bits per heavy atom. The average Bonchev–Trinajstić information content (AvgIpc) is 2.31. The number of hydrogen-bond acceptors (Lipinski definition) is 4. The molecule has 1 heterocycles. The molecule has 0 radical (unpaired) electrons. The highest BCUT2D eigenvalue weighted by Crippen LogP contribution is 2.32. The van der Waals surface area contributed by atoms with Gasteiger partial charge in [0.2, 0.25) is 0 Å². The third-order valence-corrected chi connectivity index (χ3v) is 2.82. The lowest BCUT2D eigenvalue weighted by Gasteiger charge is -2.24. The number of aliphatic carboxylic acids is 1. The number of carbonyl (C=O) groups excluding carboxylic acids is 1. The zero-order valence-electron chi connectivity index (χ0n) is 9.71. The Balaban J connectivity index is 2.35. The van der Waals surface area contributed by atoms with E-state index < -0.39 is 24.6 Å². The summed E-state index contributed by atoms with van der Waals surface area (Å²) in [4.78, 5) is 22.4. The number of aliphatic hydroxyl groups excluding tert-OH is 1. The summed E-state index contributed by atoms with van der Waals surface area (Å²) in [6.07, 6.45) is -0.573. The van der Waals surface area contributed by atoms with E-state index in [2.05, 4.69) is 5.32 Å². The molecule has 0 aliphatic carbocycles. The molecule has 1 aliphatic heterocycles. The van der Waals surface area contributed by atoms with Crippen molar-refractivity contribution in [3.63, 3.8) is 0 Å². The first-order valence-electron chi connectivity index (χ1n) is 5.48. The number of nitrogens with one attached hydrogen (secondary N) is 1. The molecule has 6 heteroatoms. The van der Waals surface area contributed by atoms with Crippen LogP contribution in [0.3, 0.4) is 0 Å². The first kappa shape index (κ1) is 12.4. The normalized spacial score (nSPS) is 19.4. The molecule has 0 aromatic heterocycles. The Hall–Kier alpha value is -2.08. The Labute approximate surface area is 103 Å². The first-order valence-corrected chi connectivity index (χ1v) is 5.48. The predicted octanol–water partition coefficient (Wildman–Crippen LogP) is 0.566. The Kier molecular flexibility index (Phi) is 3.20. The van der Waals surface area contributed by atoms with Gasteiger partial charge in [-0.15, -0.1) is 0 Å². The fraction of sp³-hybridized carbons (Fsp3) is 0.333. The van der Waals surface area contributed by atoms with Crippen molar-refractivity contribution in [2.24, 2.45) is 0 Å². The van der Waals surface area contributed by atoms with Crippen LogP contribution in [0.4, 0.5) is 5.69 Å². The van der Waals surface area contributed by atoms with E-state index in [9.17, 15) is 9.59 Å². The SMILES string of the molecule is CC1Oc2ccc(C(CO)C(=O)O)cc2NC1=O. The van der Waals surface area contributed by atoms with Crippen molar-refractivity contribution in [1.29, 1.82) is 0 Å². The summed E-state index contributed by atoms with van der Waals surface area (Å²) in [5.74, 6) is -1.91. The van der Waals surface area contributed by atoms with Crippen LogP contribution in [0.1, 0.15) is 18.4 Å². The van der Waals surface area contributed by atoms with E-state index in [4.69, 9.17) is 14.9 Å². The highest BCUT2D eigenvalue weighted by molar-refractivity contribution is 5.97. The first-order chi connectivity index (χ1) is 8.52. The maximum Gasteiger partial charge on any atom is 0.313 e. The molecule has 6 nitrogen and oxygen atoms in total. The molecule has 1 aromatic rings. The number of rotatable bonds is 3. The van der Waals surface area contributed by atoms with Gasteiger partial charge in [0.1, 0.15) is 11.7 Å². The summed E-state index contributed by atoms with van der Waals surface area (Å²) in [5.41, 5.74) is 0.845. The summed E-state index contributed by atoms with van der Waals surface area (Å²) in [5, 5.41) is 20.6. The monoisotopic (exact) mass is 251 g/mol. The lowest BCUT2D eigenvalue weighted by Crippen LogP contribution is -2.34. The van der Waals surface area contributed by atoms with Crippen molar-refractivity contribution >= 4 is 17.6 Å². The van der Waals surface area contributed by atoms with Gasteiger partial charge in [-0.05, 0) is 24.6 Å². The van der Waals surface area contributed by atoms with Crippen LogP contribution >= 0.6 is 0 Å². The molecule has 0 fully saturated rings. The summed E-state index contributed by atoms with van der Waals surface area (Å²) in [6.45, 7) is 1.12. The minimum Gasteiger partial charge on any atom is -0.481 e. The quantitative estimate of drug-likeness (QED) is 0.729. The second-order valence-corrected chi connectivity index (χ2v) is 4.08. The number of anilines is 1. The lowest BCUT2D eigenvalue weighted by atomic mass is 9.99.